The molecule has 0 aliphatic rings. The highest BCUT2D eigenvalue weighted by atomic mass is 16.2. The minimum absolute atomic E-state index is 0.481. The number of nitrogens with one attached hydrogen (secondary N) is 2. The number of pyridine rings is 1. The molecule has 5 nitrogen and oxygen atoms in total. The minimum atomic E-state index is -0.720. The maximum atomic E-state index is 12.0. The van der Waals surface area contributed by atoms with E-state index in [4.69, 9.17) is 0 Å². The number of rotatable bonds is 2. The number of anilines is 2. The summed E-state index contributed by atoms with van der Waals surface area (Å²) >= 11 is 0. The predicted octanol–water partition coefficient (Wildman–Crippen LogP) is 2.58. The summed E-state index contributed by atoms with van der Waals surface area (Å²) in [5.74, 6) is -1.42. The van der Waals surface area contributed by atoms with Gasteiger partial charge in [-0.2, -0.15) is 0 Å². The van der Waals surface area contributed by atoms with Crippen molar-refractivity contribution in [3.05, 3.63) is 53.3 Å². The highest BCUT2D eigenvalue weighted by Crippen LogP contribution is 2.21. The van der Waals surface area contributed by atoms with Crippen molar-refractivity contribution >= 4 is 23.2 Å². The molecule has 0 fully saturated rings. The van der Waals surface area contributed by atoms with E-state index in [0.717, 1.165) is 16.7 Å². The van der Waals surface area contributed by atoms with Gasteiger partial charge in [-0.05, 0) is 44.0 Å². The van der Waals surface area contributed by atoms with Crippen molar-refractivity contribution in [2.75, 3.05) is 10.6 Å². The van der Waals surface area contributed by atoms with Crippen molar-refractivity contribution in [2.24, 2.45) is 0 Å². The van der Waals surface area contributed by atoms with Gasteiger partial charge in [-0.15, -0.1) is 0 Å². The molecule has 0 saturated carbocycles. The van der Waals surface area contributed by atoms with Crippen LogP contribution in [0.1, 0.15) is 16.7 Å². The summed E-state index contributed by atoms with van der Waals surface area (Å²) in [6.45, 7) is 5.78. The highest BCUT2D eigenvalue weighted by Gasteiger charge is 2.16. The van der Waals surface area contributed by atoms with Crippen LogP contribution in [0.2, 0.25) is 0 Å². The molecule has 1 aromatic carbocycles. The average molecular weight is 283 g/mol. The Hall–Kier alpha value is -2.69. The fourth-order valence-electron chi connectivity index (χ4n) is 2.17. The van der Waals surface area contributed by atoms with Gasteiger partial charge in [-0.1, -0.05) is 17.7 Å². The van der Waals surface area contributed by atoms with E-state index in [1.165, 1.54) is 6.20 Å². The van der Waals surface area contributed by atoms with Crippen LogP contribution in [0.25, 0.3) is 0 Å². The molecule has 0 unspecified atom stereocenters. The summed E-state index contributed by atoms with van der Waals surface area (Å²) in [5, 5.41) is 5.15. The van der Waals surface area contributed by atoms with Crippen molar-refractivity contribution in [3.8, 4) is 0 Å². The van der Waals surface area contributed by atoms with Crippen LogP contribution in [0.15, 0.2) is 36.7 Å². The van der Waals surface area contributed by atoms with E-state index in [1.54, 1.807) is 18.3 Å². The third-order valence-electron chi connectivity index (χ3n) is 3.04. The summed E-state index contributed by atoms with van der Waals surface area (Å²) in [6, 6.07) is 7.27. The smallest absolute Gasteiger partial charge is 0.314 e. The lowest BCUT2D eigenvalue weighted by atomic mass is 10.1. The molecule has 0 aliphatic carbocycles. The van der Waals surface area contributed by atoms with Crippen molar-refractivity contribution in [1.29, 1.82) is 0 Å². The number of amides is 2. The third kappa shape index (κ3) is 3.66. The lowest BCUT2D eigenvalue weighted by molar-refractivity contribution is -0.133. The summed E-state index contributed by atoms with van der Waals surface area (Å²) in [4.78, 5) is 27.7. The van der Waals surface area contributed by atoms with Gasteiger partial charge in [0.25, 0.3) is 0 Å². The van der Waals surface area contributed by atoms with Gasteiger partial charge < -0.3 is 10.6 Å². The van der Waals surface area contributed by atoms with Crippen LogP contribution in [0, 0.1) is 20.8 Å². The number of nitrogens with zero attached hydrogens (tertiary/aromatic N) is 1. The van der Waals surface area contributed by atoms with E-state index in [2.05, 4.69) is 15.6 Å². The second-order valence-corrected chi connectivity index (χ2v) is 4.92. The first-order valence-electron chi connectivity index (χ1n) is 6.57. The first-order valence-corrected chi connectivity index (χ1v) is 6.57. The van der Waals surface area contributed by atoms with Crippen LogP contribution in [0.4, 0.5) is 11.4 Å². The Morgan fingerprint density at radius 2 is 1.62 bits per heavy atom. The number of aryl methyl sites for hydroxylation is 3. The van der Waals surface area contributed by atoms with Gasteiger partial charge in [0, 0.05) is 11.9 Å². The Balaban J connectivity index is 2.10. The van der Waals surface area contributed by atoms with Crippen LogP contribution in [0.3, 0.4) is 0 Å². The SMILES string of the molecule is Cc1cc(C)c(NC(=O)C(=O)Nc2cccnc2)c(C)c1. The Morgan fingerprint density at radius 3 is 2.19 bits per heavy atom. The standard InChI is InChI=1S/C16H17N3O2/c1-10-7-11(2)14(12(3)8-10)19-16(21)15(20)18-13-5-4-6-17-9-13/h4-9H,1-3H3,(H,18,20)(H,19,21). The maximum Gasteiger partial charge on any atom is 0.314 e. The second kappa shape index (κ2) is 6.17. The zero-order chi connectivity index (χ0) is 15.4. The number of hydrogen-bond donors (Lipinski definition) is 2. The van der Waals surface area contributed by atoms with E-state index in [9.17, 15) is 9.59 Å². The zero-order valence-electron chi connectivity index (χ0n) is 12.2. The van der Waals surface area contributed by atoms with E-state index < -0.39 is 11.8 Å². The van der Waals surface area contributed by atoms with Gasteiger partial charge in [0.2, 0.25) is 0 Å². The fraction of sp³-hybridized carbons (Fsp3) is 0.188. The van der Waals surface area contributed by atoms with Crippen molar-refractivity contribution in [2.45, 2.75) is 20.8 Å². The molecule has 108 valence electrons. The normalized spacial score (nSPS) is 10.0. The largest absolute Gasteiger partial charge is 0.317 e. The van der Waals surface area contributed by atoms with Crippen molar-refractivity contribution in [3.63, 3.8) is 0 Å². The number of benzene rings is 1. The molecule has 0 bridgehead atoms. The molecule has 21 heavy (non-hydrogen) atoms. The van der Waals surface area contributed by atoms with E-state index >= 15 is 0 Å². The first-order chi connectivity index (χ1) is 9.97. The summed E-state index contributed by atoms with van der Waals surface area (Å²) in [7, 11) is 0. The Kier molecular flexibility index (Phi) is 4.33. The number of carbonyl (C=O) groups excluding carboxylic acids is 2. The lowest BCUT2D eigenvalue weighted by Gasteiger charge is -2.12. The molecule has 0 atom stereocenters. The van der Waals surface area contributed by atoms with Crippen LogP contribution >= 0.6 is 0 Å². The Labute approximate surface area is 123 Å². The number of hydrogen-bond acceptors (Lipinski definition) is 3. The van der Waals surface area contributed by atoms with Gasteiger partial charge in [0.15, 0.2) is 0 Å². The number of carbonyl (C=O) groups is 2. The summed E-state index contributed by atoms with van der Waals surface area (Å²) < 4.78 is 0. The molecule has 0 saturated heterocycles. The van der Waals surface area contributed by atoms with Crippen LogP contribution < -0.4 is 10.6 Å². The molecule has 2 aromatic rings. The van der Waals surface area contributed by atoms with Gasteiger partial charge in [0.1, 0.15) is 0 Å². The van der Waals surface area contributed by atoms with Crippen LogP contribution in [-0.2, 0) is 9.59 Å². The molecule has 2 amide bonds. The molecule has 0 radical (unpaired) electrons. The molecule has 2 rings (SSSR count). The summed E-state index contributed by atoms with van der Waals surface area (Å²) in [5.41, 5.74) is 4.12. The molecule has 0 spiro atoms. The first kappa shape index (κ1) is 14.7. The lowest BCUT2D eigenvalue weighted by Crippen LogP contribution is -2.29. The predicted molar refractivity (Wildman–Crippen MR) is 82.1 cm³/mol. The minimum Gasteiger partial charge on any atom is -0.317 e. The monoisotopic (exact) mass is 283 g/mol. The molecule has 5 heteroatoms. The molecule has 0 aliphatic heterocycles. The van der Waals surface area contributed by atoms with E-state index in [0.29, 0.717) is 11.4 Å². The second-order valence-electron chi connectivity index (χ2n) is 4.92. The van der Waals surface area contributed by atoms with Gasteiger partial charge in [0.05, 0.1) is 11.9 Å². The van der Waals surface area contributed by atoms with Gasteiger partial charge in [-0.25, -0.2) is 0 Å². The van der Waals surface area contributed by atoms with E-state index in [1.807, 2.05) is 32.9 Å². The van der Waals surface area contributed by atoms with Gasteiger partial charge in [-0.3, -0.25) is 14.6 Å². The molecular formula is C16H17N3O2. The zero-order valence-corrected chi connectivity index (χ0v) is 12.2. The third-order valence-corrected chi connectivity index (χ3v) is 3.04. The van der Waals surface area contributed by atoms with Crippen LogP contribution in [0.5, 0.6) is 0 Å². The number of aromatic nitrogens is 1. The Bertz CT molecular complexity index is 658. The summed E-state index contributed by atoms with van der Waals surface area (Å²) in [6.07, 6.45) is 3.07. The van der Waals surface area contributed by atoms with Crippen molar-refractivity contribution in [1.82, 2.24) is 4.98 Å². The maximum absolute atomic E-state index is 12.0. The van der Waals surface area contributed by atoms with Crippen LogP contribution in [-0.4, -0.2) is 16.8 Å². The van der Waals surface area contributed by atoms with Gasteiger partial charge >= 0.3 is 11.8 Å². The van der Waals surface area contributed by atoms with Crippen molar-refractivity contribution < 1.29 is 9.59 Å². The molecular weight excluding hydrogens is 266 g/mol. The molecule has 2 N–H and O–H groups in total. The quantitative estimate of drug-likeness (QED) is 0.832. The fourth-order valence-corrected chi connectivity index (χ4v) is 2.17. The average Bonchev–Trinajstić information content (AvgIpc) is 2.43. The Morgan fingerprint density at radius 1 is 1.00 bits per heavy atom. The topological polar surface area (TPSA) is 71.1 Å². The molecule has 1 heterocycles. The highest BCUT2D eigenvalue weighted by molar-refractivity contribution is 6.43. The molecule has 1 aromatic heterocycles. The van der Waals surface area contributed by atoms with E-state index in [-0.39, 0.29) is 0 Å².